The van der Waals surface area contributed by atoms with E-state index in [-0.39, 0.29) is 0 Å². The highest BCUT2D eigenvalue weighted by atomic mass is 19.1. The van der Waals surface area contributed by atoms with E-state index >= 15 is 0 Å². The number of rotatable bonds is 0. The molecule has 0 heterocycles. The van der Waals surface area contributed by atoms with Crippen LogP contribution in [0.25, 0.3) is 0 Å². The van der Waals surface area contributed by atoms with E-state index in [0.717, 1.165) is 25.7 Å². The molecule has 1 saturated carbocycles. The number of hydrogen-bond acceptors (Lipinski definition) is 0. The summed E-state index contributed by atoms with van der Waals surface area (Å²) in [4.78, 5) is 0. The zero-order chi connectivity index (χ0) is 12.2. The molecule has 0 nitrogen and oxygen atoms in total. The van der Waals surface area contributed by atoms with Crippen LogP contribution in [0.5, 0.6) is 0 Å². The molecule has 0 radical (unpaired) electrons. The second kappa shape index (κ2) is 10.8. The van der Waals surface area contributed by atoms with Gasteiger partial charge in [0.15, 0.2) is 0 Å². The normalized spacial score (nSPS) is 23.6. The Morgan fingerprint density at radius 2 is 1.00 bits per heavy atom. The van der Waals surface area contributed by atoms with Crippen molar-refractivity contribution in [2.75, 3.05) is 0 Å². The number of hydrogen-bond donors (Lipinski definition) is 0. The smallest absolute Gasteiger partial charge is 0.100 e. The third-order valence-electron chi connectivity index (χ3n) is 3.69. The van der Waals surface area contributed by atoms with E-state index < -0.39 is 6.17 Å². The summed E-state index contributed by atoms with van der Waals surface area (Å²) in [6.45, 7) is 0. The molecule has 0 aromatic heterocycles. The fourth-order valence-electron chi connectivity index (χ4n) is 2.52. The predicted octanol–water partition coefficient (Wildman–Crippen LogP) is 5.97. The van der Waals surface area contributed by atoms with E-state index in [2.05, 4.69) is 12.2 Å². The molecule has 100 valence electrons. The molecule has 0 spiro atoms. The van der Waals surface area contributed by atoms with Crippen LogP contribution >= 0.6 is 0 Å². The van der Waals surface area contributed by atoms with Crippen molar-refractivity contribution in [3.05, 3.63) is 12.2 Å². The molecule has 1 heteroatoms. The highest BCUT2D eigenvalue weighted by Crippen LogP contribution is 2.18. The molecule has 2 aliphatic rings. The topological polar surface area (TPSA) is 0 Å². The minimum absolute atomic E-state index is 0.481. The van der Waals surface area contributed by atoms with Crippen LogP contribution < -0.4 is 0 Å². The van der Waals surface area contributed by atoms with Gasteiger partial charge in [0.2, 0.25) is 0 Å². The van der Waals surface area contributed by atoms with Gasteiger partial charge in [-0.15, -0.1) is 0 Å². The third-order valence-corrected chi connectivity index (χ3v) is 3.69. The first-order valence-corrected chi connectivity index (χ1v) is 7.68. The third kappa shape index (κ3) is 9.38. The summed E-state index contributed by atoms with van der Waals surface area (Å²) in [5.41, 5.74) is 0. The summed E-state index contributed by atoms with van der Waals surface area (Å²) in [6, 6.07) is 0. The molecule has 0 aliphatic heterocycles. The molecule has 0 saturated heterocycles. The van der Waals surface area contributed by atoms with Gasteiger partial charge in [0.05, 0.1) is 0 Å². The first kappa shape index (κ1) is 14.7. The van der Waals surface area contributed by atoms with Crippen molar-refractivity contribution < 1.29 is 4.39 Å². The van der Waals surface area contributed by atoms with Gasteiger partial charge in [0.25, 0.3) is 0 Å². The van der Waals surface area contributed by atoms with Crippen LogP contribution in [0.15, 0.2) is 12.2 Å². The zero-order valence-electron chi connectivity index (χ0n) is 11.3. The monoisotopic (exact) mass is 240 g/mol. The summed E-state index contributed by atoms with van der Waals surface area (Å²) >= 11 is 0. The van der Waals surface area contributed by atoms with Crippen LogP contribution in [0.4, 0.5) is 4.39 Å². The van der Waals surface area contributed by atoms with Crippen molar-refractivity contribution in [2.45, 2.75) is 89.6 Å². The van der Waals surface area contributed by atoms with E-state index in [1.54, 1.807) is 0 Å². The van der Waals surface area contributed by atoms with Gasteiger partial charge in [-0.25, -0.2) is 4.39 Å². The highest BCUT2D eigenvalue weighted by Gasteiger charge is 2.07. The number of allylic oxidation sites excluding steroid dienone is 2. The van der Waals surface area contributed by atoms with Gasteiger partial charge >= 0.3 is 0 Å². The van der Waals surface area contributed by atoms with Crippen LogP contribution in [-0.4, -0.2) is 6.17 Å². The van der Waals surface area contributed by atoms with Crippen LogP contribution in [0.1, 0.15) is 83.5 Å². The summed E-state index contributed by atoms with van der Waals surface area (Å²) in [6.07, 6.45) is 20.2. The molecule has 0 amide bonds. The quantitative estimate of drug-likeness (QED) is 0.458. The maximum Gasteiger partial charge on any atom is 0.100 e. The Labute approximate surface area is 107 Å². The average molecular weight is 240 g/mol. The highest BCUT2D eigenvalue weighted by molar-refractivity contribution is 4.82. The van der Waals surface area contributed by atoms with Gasteiger partial charge in [0, 0.05) is 0 Å². The lowest BCUT2D eigenvalue weighted by molar-refractivity contribution is 0.267. The minimum atomic E-state index is -0.481. The Bertz CT molecular complexity index is 168. The van der Waals surface area contributed by atoms with E-state index in [1.807, 2.05) is 0 Å². The molecule has 0 bridgehead atoms. The summed E-state index contributed by atoms with van der Waals surface area (Å²) in [7, 11) is 0. The molecular formula is C16H29F. The second-order valence-corrected chi connectivity index (χ2v) is 5.41. The molecule has 17 heavy (non-hydrogen) atoms. The fraction of sp³-hybridized carbons (Fsp3) is 0.875. The molecule has 1 fully saturated rings. The molecular weight excluding hydrogens is 211 g/mol. The van der Waals surface area contributed by atoms with Gasteiger partial charge < -0.3 is 0 Å². The van der Waals surface area contributed by atoms with Crippen molar-refractivity contribution in [1.29, 1.82) is 0 Å². The predicted molar refractivity (Wildman–Crippen MR) is 74.1 cm³/mol. The Kier molecular flexibility index (Phi) is 9.36. The van der Waals surface area contributed by atoms with Crippen LogP contribution in [-0.2, 0) is 0 Å². The molecule has 0 aromatic rings. The number of halogens is 1. The van der Waals surface area contributed by atoms with Crippen LogP contribution in [0.2, 0.25) is 0 Å². The largest absolute Gasteiger partial charge is 0.247 e. The van der Waals surface area contributed by atoms with Crippen molar-refractivity contribution in [3.8, 4) is 0 Å². The standard InChI is InChI=1S/C8H15F.C8H14/c9-8-6-4-2-1-3-5-7-8;1-2-4-6-8-7-5-3-1/h8H,1-7H2;1-2H,3-8H2. The van der Waals surface area contributed by atoms with E-state index in [4.69, 9.17) is 0 Å². The summed E-state index contributed by atoms with van der Waals surface area (Å²) < 4.78 is 12.6. The molecule has 2 rings (SSSR count). The van der Waals surface area contributed by atoms with Gasteiger partial charge in [-0.05, 0) is 38.5 Å². The van der Waals surface area contributed by atoms with Crippen LogP contribution in [0.3, 0.4) is 0 Å². The van der Waals surface area contributed by atoms with Gasteiger partial charge in [0.1, 0.15) is 6.17 Å². The zero-order valence-corrected chi connectivity index (χ0v) is 11.3. The molecule has 0 aromatic carbocycles. The molecule has 0 N–H and O–H groups in total. The van der Waals surface area contributed by atoms with Crippen molar-refractivity contribution in [2.24, 2.45) is 0 Å². The fourth-order valence-corrected chi connectivity index (χ4v) is 2.52. The first-order valence-electron chi connectivity index (χ1n) is 7.68. The van der Waals surface area contributed by atoms with Gasteiger partial charge in [-0.3, -0.25) is 0 Å². The maximum atomic E-state index is 12.6. The van der Waals surface area contributed by atoms with E-state index in [0.29, 0.717) is 0 Å². The second-order valence-electron chi connectivity index (χ2n) is 5.41. The number of alkyl halides is 1. The van der Waals surface area contributed by atoms with Gasteiger partial charge in [-0.1, -0.05) is 57.1 Å². The molecule has 0 atom stereocenters. The molecule has 0 unspecified atom stereocenters. The minimum Gasteiger partial charge on any atom is -0.247 e. The lowest BCUT2D eigenvalue weighted by atomic mass is 10.00. The lowest BCUT2D eigenvalue weighted by Crippen LogP contribution is -2.02. The average Bonchev–Trinajstić information content (AvgIpc) is 2.23. The molecule has 2 aliphatic carbocycles. The summed E-state index contributed by atoms with van der Waals surface area (Å²) in [5.74, 6) is 0. The van der Waals surface area contributed by atoms with E-state index in [9.17, 15) is 4.39 Å². The Morgan fingerprint density at radius 3 is 1.53 bits per heavy atom. The van der Waals surface area contributed by atoms with Crippen molar-refractivity contribution in [1.82, 2.24) is 0 Å². The Morgan fingerprint density at radius 1 is 0.588 bits per heavy atom. The SMILES string of the molecule is C1=CCCCCCC1.FC1CCCCCCC1. The Balaban J connectivity index is 0.000000171. The summed E-state index contributed by atoms with van der Waals surface area (Å²) in [5, 5.41) is 0. The van der Waals surface area contributed by atoms with Crippen molar-refractivity contribution in [3.63, 3.8) is 0 Å². The maximum absolute atomic E-state index is 12.6. The van der Waals surface area contributed by atoms with Crippen LogP contribution in [0, 0.1) is 0 Å². The Hall–Kier alpha value is -0.330. The van der Waals surface area contributed by atoms with Crippen molar-refractivity contribution >= 4 is 0 Å². The van der Waals surface area contributed by atoms with E-state index in [1.165, 1.54) is 57.8 Å². The lowest BCUT2D eigenvalue weighted by Gasteiger charge is -2.11. The van der Waals surface area contributed by atoms with Gasteiger partial charge in [-0.2, -0.15) is 0 Å². The first-order chi connectivity index (χ1) is 8.39.